The van der Waals surface area contributed by atoms with Gasteiger partial charge in [0, 0.05) is 0 Å². The Hall–Kier alpha value is 0.532. The first-order valence-electron chi connectivity index (χ1n) is 22.8. The fourth-order valence-electron chi connectivity index (χ4n) is 7.79. The quantitative estimate of drug-likeness (QED) is 0.0451. The molecule has 0 aromatic rings. The van der Waals surface area contributed by atoms with Crippen molar-refractivity contribution < 1.29 is 0 Å². The molecular weight excluding hydrogens is 567 g/mol. The zero-order valence-corrected chi connectivity index (χ0v) is 34.4. The average molecular weight is 661 g/mol. The van der Waals surface area contributed by atoms with Gasteiger partial charge < -0.3 is 0 Å². The second kappa shape index (κ2) is 43.6. The summed E-state index contributed by atoms with van der Waals surface area (Å²) in [5.74, 6) is 0. The van der Waals surface area contributed by atoms with Crippen LogP contribution < -0.4 is 0 Å². The molecule has 46 heavy (non-hydrogen) atoms. The van der Waals surface area contributed by atoms with Crippen molar-refractivity contribution in [2.75, 3.05) is 0 Å². The lowest BCUT2D eigenvalue weighted by atomic mass is 10.0. The first-order chi connectivity index (χ1) is 22.8. The highest BCUT2D eigenvalue weighted by Crippen LogP contribution is 2.22. The monoisotopic (exact) mass is 661 g/mol. The van der Waals surface area contributed by atoms with Crippen LogP contribution in [0.3, 0.4) is 0 Å². The van der Waals surface area contributed by atoms with Crippen molar-refractivity contribution in [1.29, 1.82) is 0 Å². The molecule has 0 aromatic heterocycles. The molecule has 0 unspecified atom stereocenters. The van der Waals surface area contributed by atoms with Crippen LogP contribution in [0.15, 0.2) is 0 Å². The molecule has 0 aromatic carbocycles. The first-order valence-corrected chi connectivity index (χ1v) is 25.3. The number of hydrogen-bond donors (Lipinski definition) is 0. The van der Waals surface area contributed by atoms with Gasteiger partial charge in [-0.3, -0.25) is 0 Å². The molecular formula is C45H93Al. The average Bonchev–Trinajstić information content (AvgIpc) is 3.07. The Morgan fingerprint density at radius 2 is 0.304 bits per heavy atom. The van der Waals surface area contributed by atoms with Crippen LogP contribution in [0.1, 0.15) is 271 Å². The third kappa shape index (κ3) is 40.7. The van der Waals surface area contributed by atoms with Gasteiger partial charge in [0.05, 0.1) is 0 Å². The van der Waals surface area contributed by atoms with Gasteiger partial charge in [-0.1, -0.05) is 287 Å². The van der Waals surface area contributed by atoms with Crippen LogP contribution in [0.2, 0.25) is 15.8 Å². The summed E-state index contributed by atoms with van der Waals surface area (Å²) in [5.41, 5.74) is 0. The minimum absolute atomic E-state index is 0.494. The van der Waals surface area contributed by atoms with E-state index in [2.05, 4.69) is 20.8 Å². The standard InChI is InChI=1S/3C15H31.Al/c3*1-3-5-7-9-11-13-15-14-12-10-8-6-4-2;/h3*1,3-15H2,2H3;. The van der Waals surface area contributed by atoms with Gasteiger partial charge in [0.15, 0.2) is 0 Å². The SMILES string of the molecule is CCCCCCCCCCCCCC[CH2][Al]([CH2]CCCCCCCCCCCCCC)[CH2]CCCCCCCCCCCCCC. The van der Waals surface area contributed by atoms with Crippen molar-refractivity contribution in [3.63, 3.8) is 0 Å². The first kappa shape index (κ1) is 46.5. The van der Waals surface area contributed by atoms with Crippen LogP contribution in [-0.4, -0.2) is 14.1 Å². The molecule has 0 nitrogen and oxygen atoms in total. The number of unbranched alkanes of at least 4 members (excludes halogenated alkanes) is 36. The van der Waals surface area contributed by atoms with E-state index in [0.717, 1.165) is 0 Å². The largest absolute Gasteiger partial charge is 0.261 e. The van der Waals surface area contributed by atoms with E-state index in [9.17, 15) is 0 Å². The molecule has 0 saturated carbocycles. The Morgan fingerprint density at radius 3 is 0.457 bits per heavy atom. The third-order valence-electron chi connectivity index (χ3n) is 11.1. The highest BCUT2D eigenvalue weighted by atomic mass is 27.2. The summed E-state index contributed by atoms with van der Waals surface area (Å²) in [4.78, 5) is 0. The van der Waals surface area contributed by atoms with Crippen molar-refractivity contribution in [3.8, 4) is 0 Å². The molecule has 0 bridgehead atoms. The summed E-state index contributed by atoms with van der Waals surface area (Å²) in [6.45, 7) is 6.97. The zero-order chi connectivity index (χ0) is 33.3. The molecule has 1 heteroatoms. The van der Waals surface area contributed by atoms with Crippen LogP contribution in [0.5, 0.6) is 0 Å². The fraction of sp³-hybridized carbons (Fsp3) is 1.00. The molecule has 0 spiro atoms. The molecule has 0 aliphatic heterocycles. The van der Waals surface area contributed by atoms with E-state index in [1.807, 2.05) is 0 Å². The van der Waals surface area contributed by atoms with E-state index in [1.54, 1.807) is 35.1 Å². The van der Waals surface area contributed by atoms with Gasteiger partial charge in [0.2, 0.25) is 0 Å². The molecule has 0 N–H and O–H groups in total. The topological polar surface area (TPSA) is 0 Å². The van der Waals surface area contributed by atoms with Crippen molar-refractivity contribution in [2.45, 2.75) is 287 Å². The van der Waals surface area contributed by atoms with E-state index in [0.29, 0.717) is 0 Å². The van der Waals surface area contributed by atoms with Crippen molar-refractivity contribution >= 4 is 14.1 Å². The zero-order valence-electron chi connectivity index (χ0n) is 33.3. The maximum absolute atomic E-state index is 2.32. The van der Waals surface area contributed by atoms with Gasteiger partial charge in [-0.2, -0.15) is 0 Å². The lowest BCUT2D eigenvalue weighted by Gasteiger charge is -2.12. The number of hydrogen-bond acceptors (Lipinski definition) is 0. The Labute approximate surface area is 300 Å². The van der Waals surface area contributed by atoms with E-state index in [-0.39, 0.29) is 0 Å². The van der Waals surface area contributed by atoms with Gasteiger partial charge in [-0.15, -0.1) is 0 Å². The molecule has 276 valence electrons. The second-order valence-corrected chi connectivity index (χ2v) is 19.4. The van der Waals surface area contributed by atoms with Crippen molar-refractivity contribution in [3.05, 3.63) is 0 Å². The van der Waals surface area contributed by atoms with Crippen molar-refractivity contribution in [2.24, 2.45) is 0 Å². The van der Waals surface area contributed by atoms with Gasteiger partial charge in [0.25, 0.3) is 14.1 Å². The van der Waals surface area contributed by atoms with E-state index < -0.39 is 14.1 Å². The summed E-state index contributed by atoms with van der Waals surface area (Å²) in [6, 6.07) is 0. The fourth-order valence-corrected chi connectivity index (χ4v) is 11.2. The smallest absolute Gasteiger partial charge is 0.0939 e. The number of rotatable bonds is 42. The van der Waals surface area contributed by atoms with Crippen LogP contribution >= 0.6 is 0 Å². The van der Waals surface area contributed by atoms with E-state index >= 15 is 0 Å². The second-order valence-electron chi connectivity index (χ2n) is 16.0. The lowest BCUT2D eigenvalue weighted by Crippen LogP contribution is -2.12. The van der Waals surface area contributed by atoms with Gasteiger partial charge in [0.1, 0.15) is 0 Å². The Bertz CT molecular complexity index is 430. The normalized spacial score (nSPS) is 11.5. The maximum Gasteiger partial charge on any atom is 0.261 e. The molecule has 0 aliphatic carbocycles. The van der Waals surface area contributed by atoms with Crippen molar-refractivity contribution in [1.82, 2.24) is 0 Å². The molecule has 0 atom stereocenters. The summed E-state index contributed by atoms with van der Waals surface area (Å²) in [6.07, 6.45) is 58.3. The predicted octanol–water partition coefficient (Wildman–Crippen LogP) is 17.8. The van der Waals surface area contributed by atoms with E-state index in [4.69, 9.17) is 0 Å². The predicted molar refractivity (Wildman–Crippen MR) is 217 cm³/mol. The van der Waals surface area contributed by atoms with Gasteiger partial charge in [-0.05, 0) is 0 Å². The summed E-state index contributed by atoms with van der Waals surface area (Å²) in [7, 11) is 0. The summed E-state index contributed by atoms with van der Waals surface area (Å²) >= 11 is -0.494. The highest BCUT2D eigenvalue weighted by Gasteiger charge is 2.15. The molecule has 0 saturated heterocycles. The summed E-state index contributed by atoms with van der Waals surface area (Å²) < 4.78 is 0. The lowest BCUT2D eigenvalue weighted by molar-refractivity contribution is 0.540. The maximum atomic E-state index is 2.32. The molecule has 0 amide bonds. The Kier molecular flexibility index (Phi) is 44.1. The molecule has 0 radical (unpaired) electrons. The molecule has 0 fully saturated rings. The third-order valence-corrected chi connectivity index (χ3v) is 14.8. The van der Waals surface area contributed by atoms with Gasteiger partial charge >= 0.3 is 0 Å². The Balaban J connectivity index is 3.91. The van der Waals surface area contributed by atoms with Crippen LogP contribution in [0.25, 0.3) is 0 Å². The summed E-state index contributed by atoms with van der Waals surface area (Å²) in [5, 5.41) is 5.02. The molecule has 0 aliphatic rings. The molecule has 0 heterocycles. The van der Waals surface area contributed by atoms with E-state index in [1.165, 1.54) is 231 Å². The molecule has 0 rings (SSSR count). The Morgan fingerprint density at radius 1 is 0.174 bits per heavy atom. The van der Waals surface area contributed by atoms with Gasteiger partial charge in [-0.25, -0.2) is 0 Å². The minimum Gasteiger partial charge on any atom is -0.0939 e. The highest BCUT2D eigenvalue weighted by molar-refractivity contribution is 6.58. The van der Waals surface area contributed by atoms with Crippen LogP contribution in [0.4, 0.5) is 0 Å². The minimum atomic E-state index is -0.494. The van der Waals surface area contributed by atoms with Crippen LogP contribution in [-0.2, 0) is 0 Å². The van der Waals surface area contributed by atoms with Crippen LogP contribution in [0, 0.1) is 0 Å².